The van der Waals surface area contributed by atoms with Gasteiger partial charge >= 0.3 is 0 Å². The molecule has 21 heavy (non-hydrogen) atoms. The SMILES string of the molecule is Cc1cc(Oc2ccc(Cl)c(CNC3CC3)n2)ccc1F. The Morgan fingerprint density at radius 1 is 1.33 bits per heavy atom. The Labute approximate surface area is 128 Å². The highest BCUT2D eigenvalue weighted by atomic mass is 35.5. The van der Waals surface area contributed by atoms with E-state index >= 15 is 0 Å². The zero-order valence-electron chi connectivity index (χ0n) is 11.7. The standard InChI is InChI=1S/C16H16ClFN2O/c1-10-8-12(4-6-14(10)18)21-16-7-5-13(17)15(20-16)9-19-11-2-3-11/h4-8,11,19H,2-3,9H2,1H3. The molecule has 3 nitrogen and oxygen atoms in total. The molecule has 1 N–H and O–H groups in total. The number of aryl methyl sites for hydroxylation is 1. The van der Waals surface area contributed by atoms with Crippen molar-refractivity contribution < 1.29 is 9.13 Å². The zero-order chi connectivity index (χ0) is 14.8. The van der Waals surface area contributed by atoms with Crippen molar-refractivity contribution in [3.05, 3.63) is 52.4 Å². The molecule has 0 amide bonds. The molecule has 1 aliphatic carbocycles. The number of aromatic nitrogens is 1. The molecule has 2 aromatic rings. The quantitative estimate of drug-likeness (QED) is 0.897. The van der Waals surface area contributed by atoms with Gasteiger partial charge in [-0.3, -0.25) is 0 Å². The van der Waals surface area contributed by atoms with E-state index in [9.17, 15) is 4.39 Å². The van der Waals surface area contributed by atoms with Crippen LogP contribution in [-0.2, 0) is 6.54 Å². The van der Waals surface area contributed by atoms with E-state index in [4.69, 9.17) is 16.3 Å². The average Bonchev–Trinajstić information content (AvgIpc) is 3.28. The third-order valence-corrected chi connectivity index (χ3v) is 3.72. The average molecular weight is 307 g/mol. The van der Waals surface area contributed by atoms with Gasteiger partial charge < -0.3 is 10.1 Å². The molecule has 0 atom stereocenters. The van der Waals surface area contributed by atoms with Gasteiger partial charge in [-0.2, -0.15) is 0 Å². The minimum atomic E-state index is -0.249. The van der Waals surface area contributed by atoms with Crippen molar-refractivity contribution in [1.29, 1.82) is 0 Å². The Kier molecular flexibility index (Phi) is 4.08. The summed E-state index contributed by atoms with van der Waals surface area (Å²) in [5.41, 5.74) is 1.30. The van der Waals surface area contributed by atoms with Crippen LogP contribution < -0.4 is 10.1 Å². The first-order valence-corrected chi connectivity index (χ1v) is 7.32. The first kappa shape index (κ1) is 14.3. The minimum absolute atomic E-state index is 0.249. The van der Waals surface area contributed by atoms with E-state index < -0.39 is 0 Å². The van der Waals surface area contributed by atoms with E-state index in [0.29, 0.717) is 34.8 Å². The highest BCUT2D eigenvalue weighted by molar-refractivity contribution is 6.31. The highest BCUT2D eigenvalue weighted by Gasteiger charge is 2.20. The van der Waals surface area contributed by atoms with Crippen LogP contribution in [0.25, 0.3) is 0 Å². The number of benzene rings is 1. The largest absolute Gasteiger partial charge is 0.439 e. The lowest BCUT2D eigenvalue weighted by Gasteiger charge is -2.09. The number of nitrogens with one attached hydrogen (secondary N) is 1. The normalized spacial score (nSPS) is 14.2. The molecule has 1 aromatic carbocycles. The lowest BCUT2D eigenvalue weighted by atomic mass is 10.2. The van der Waals surface area contributed by atoms with Gasteiger partial charge in [-0.25, -0.2) is 9.37 Å². The topological polar surface area (TPSA) is 34.1 Å². The minimum Gasteiger partial charge on any atom is -0.439 e. The maximum absolute atomic E-state index is 13.2. The second kappa shape index (κ2) is 6.00. The van der Waals surface area contributed by atoms with E-state index in [2.05, 4.69) is 10.3 Å². The molecular formula is C16H16ClFN2O. The molecule has 1 fully saturated rings. The van der Waals surface area contributed by atoms with Crippen LogP contribution in [0.4, 0.5) is 4.39 Å². The van der Waals surface area contributed by atoms with Crippen molar-refractivity contribution in [3.8, 4) is 11.6 Å². The van der Waals surface area contributed by atoms with E-state index in [1.165, 1.54) is 18.9 Å². The summed E-state index contributed by atoms with van der Waals surface area (Å²) in [7, 11) is 0. The summed E-state index contributed by atoms with van der Waals surface area (Å²) < 4.78 is 18.9. The Balaban J connectivity index is 1.74. The maximum atomic E-state index is 13.2. The van der Waals surface area contributed by atoms with Crippen LogP contribution in [0.15, 0.2) is 30.3 Å². The molecule has 0 bridgehead atoms. The molecule has 1 aromatic heterocycles. The van der Waals surface area contributed by atoms with Gasteiger partial charge in [-0.1, -0.05) is 11.6 Å². The van der Waals surface area contributed by atoms with Gasteiger partial charge in [0, 0.05) is 18.7 Å². The Morgan fingerprint density at radius 2 is 2.14 bits per heavy atom. The number of rotatable bonds is 5. The van der Waals surface area contributed by atoms with Gasteiger partial charge in [0.1, 0.15) is 11.6 Å². The molecule has 1 heterocycles. The smallest absolute Gasteiger partial charge is 0.219 e. The van der Waals surface area contributed by atoms with Crippen LogP contribution in [0.1, 0.15) is 24.1 Å². The Morgan fingerprint density at radius 3 is 2.86 bits per heavy atom. The van der Waals surface area contributed by atoms with Gasteiger partial charge in [0.15, 0.2) is 0 Å². The molecule has 1 aliphatic rings. The summed E-state index contributed by atoms with van der Waals surface area (Å²) in [5, 5.41) is 3.99. The van der Waals surface area contributed by atoms with E-state index in [0.717, 1.165) is 5.69 Å². The van der Waals surface area contributed by atoms with Crippen LogP contribution in [0.3, 0.4) is 0 Å². The molecule has 0 aliphatic heterocycles. The summed E-state index contributed by atoms with van der Waals surface area (Å²) in [6.45, 7) is 2.33. The third-order valence-electron chi connectivity index (χ3n) is 3.38. The van der Waals surface area contributed by atoms with Crippen molar-refractivity contribution in [2.75, 3.05) is 0 Å². The molecule has 0 unspecified atom stereocenters. The fraction of sp³-hybridized carbons (Fsp3) is 0.312. The molecule has 0 spiro atoms. The zero-order valence-corrected chi connectivity index (χ0v) is 12.5. The molecule has 3 rings (SSSR count). The second-order valence-electron chi connectivity index (χ2n) is 5.25. The number of nitrogens with zero attached hydrogens (tertiary/aromatic N) is 1. The van der Waals surface area contributed by atoms with Crippen LogP contribution in [0.2, 0.25) is 5.02 Å². The van der Waals surface area contributed by atoms with Crippen molar-refractivity contribution >= 4 is 11.6 Å². The lowest BCUT2D eigenvalue weighted by molar-refractivity contribution is 0.457. The molecule has 5 heteroatoms. The van der Waals surface area contributed by atoms with Gasteiger partial charge in [0.25, 0.3) is 0 Å². The summed E-state index contributed by atoms with van der Waals surface area (Å²) in [6, 6.07) is 8.68. The molecule has 0 saturated heterocycles. The lowest BCUT2D eigenvalue weighted by Crippen LogP contribution is -2.16. The second-order valence-corrected chi connectivity index (χ2v) is 5.65. The highest BCUT2D eigenvalue weighted by Crippen LogP contribution is 2.25. The van der Waals surface area contributed by atoms with E-state index in [1.807, 2.05) is 0 Å². The van der Waals surface area contributed by atoms with Crippen LogP contribution in [0.5, 0.6) is 11.6 Å². The number of halogens is 2. The molecule has 0 radical (unpaired) electrons. The van der Waals surface area contributed by atoms with Crippen molar-refractivity contribution in [3.63, 3.8) is 0 Å². The predicted molar refractivity (Wildman–Crippen MR) is 80.3 cm³/mol. The number of pyridine rings is 1. The summed E-state index contributed by atoms with van der Waals surface area (Å²) >= 11 is 6.14. The van der Waals surface area contributed by atoms with Crippen molar-refractivity contribution in [1.82, 2.24) is 10.3 Å². The first-order valence-electron chi connectivity index (χ1n) is 6.94. The molecular weight excluding hydrogens is 291 g/mol. The summed E-state index contributed by atoms with van der Waals surface area (Å²) in [6.07, 6.45) is 2.42. The number of ether oxygens (including phenoxy) is 1. The van der Waals surface area contributed by atoms with E-state index in [1.54, 1.807) is 31.2 Å². The summed E-state index contributed by atoms with van der Waals surface area (Å²) in [5.74, 6) is 0.767. The first-order chi connectivity index (χ1) is 10.1. The van der Waals surface area contributed by atoms with Crippen molar-refractivity contribution in [2.45, 2.75) is 32.4 Å². The monoisotopic (exact) mass is 306 g/mol. The third kappa shape index (κ3) is 3.71. The van der Waals surface area contributed by atoms with Crippen LogP contribution >= 0.6 is 11.6 Å². The summed E-state index contributed by atoms with van der Waals surface area (Å²) in [4.78, 5) is 4.41. The molecule has 1 saturated carbocycles. The van der Waals surface area contributed by atoms with Gasteiger partial charge in [0.2, 0.25) is 5.88 Å². The van der Waals surface area contributed by atoms with Crippen LogP contribution in [0, 0.1) is 12.7 Å². The molecule has 110 valence electrons. The maximum Gasteiger partial charge on any atom is 0.219 e. The van der Waals surface area contributed by atoms with Crippen LogP contribution in [-0.4, -0.2) is 11.0 Å². The Bertz CT molecular complexity index is 659. The Hall–Kier alpha value is -1.65. The van der Waals surface area contributed by atoms with Gasteiger partial charge in [-0.15, -0.1) is 0 Å². The predicted octanol–water partition coefficient (Wildman–Crippen LogP) is 4.23. The van der Waals surface area contributed by atoms with Gasteiger partial charge in [-0.05, 0) is 49.6 Å². The van der Waals surface area contributed by atoms with E-state index in [-0.39, 0.29) is 5.82 Å². The number of hydrogen-bond donors (Lipinski definition) is 1. The fourth-order valence-electron chi connectivity index (χ4n) is 1.98. The van der Waals surface area contributed by atoms with Gasteiger partial charge in [0.05, 0.1) is 10.7 Å². The number of hydrogen-bond acceptors (Lipinski definition) is 3. The van der Waals surface area contributed by atoms with Crippen molar-refractivity contribution in [2.24, 2.45) is 0 Å². The fourth-order valence-corrected chi connectivity index (χ4v) is 2.15.